The largest absolute Gasteiger partial charge is 0.337 e. The van der Waals surface area contributed by atoms with Gasteiger partial charge in [-0.25, -0.2) is 13.1 Å². The van der Waals surface area contributed by atoms with Gasteiger partial charge in [-0.3, -0.25) is 14.9 Å². The van der Waals surface area contributed by atoms with Gasteiger partial charge in [-0.15, -0.1) is 11.8 Å². The molecule has 2 rings (SSSR count). The summed E-state index contributed by atoms with van der Waals surface area (Å²) in [6.07, 6.45) is 2.41. The third-order valence-corrected chi connectivity index (χ3v) is 5.70. The fraction of sp³-hybridized carbons (Fsp3) is 0.562. The Bertz CT molecular complexity index is 795. The molecule has 26 heavy (non-hydrogen) atoms. The number of piperidine rings is 1. The second kappa shape index (κ2) is 8.36. The van der Waals surface area contributed by atoms with Crippen molar-refractivity contribution in [2.75, 3.05) is 19.3 Å². The molecule has 1 heterocycles. The number of amides is 1. The number of carbonyl (C=O) groups excluding carboxylic acids is 1. The van der Waals surface area contributed by atoms with Gasteiger partial charge in [0.1, 0.15) is 0 Å². The predicted octanol–water partition coefficient (Wildman–Crippen LogP) is 2.25. The van der Waals surface area contributed by atoms with E-state index >= 15 is 0 Å². The molecule has 8 nitrogen and oxygen atoms in total. The van der Waals surface area contributed by atoms with Crippen LogP contribution in [0.15, 0.2) is 23.1 Å². The van der Waals surface area contributed by atoms with Crippen molar-refractivity contribution < 1.29 is 18.1 Å². The van der Waals surface area contributed by atoms with Crippen LogP contribution in [-0.2, 0) is 10.0 Å². The van der Waals surface area contributed by atoms with Crippen molar-refractivity contribution >= 4 is 33.4 Å². The third-order valence-electron chi connectivity index (χ3n) is 3.86. The summed E-state index contributed by atoms with van der Waals surface area (Å²) in [5.74, 6) is -0.308. The zero-order chi connectivity index (χ0) is 19.5. The standard InChI is InChI=1S/C16H23N3O5S2/c1-11(2)25-15-7-6-13(19(21)22)9-14(15)16(20)18-8-4-5-12(10-18)17-26(3,23)24/h6-7,9,11-12,17H,4-5,8,10H2,1-3H3. The molecule has 1 aliphatic rings. The third kappa shape index (κ3) is 5.68. The monoisotopic (exact) mass is 401 g/mol. The number of hydrogen-bond donors (Lipinski definition) is 1. The minimum absolute atomic E-state index is 0.135. The van der Waals surface area contributed by atoms with Gasteiger partial charge in [-0.1, -0.05) is 13.8 Å². The molecule has 1 atom stereocenters. The Kier molecular flexibility index (Phi) is 6.64. The van der Waals surface area contributed by atoms with Gasteiger partial charge in [0.15, 0.2) is 0 Å². The molecule has 0 aromatic heterocycles. The normalized spacial score (nSPS) is 18.2. The van der Waals surface area contributed by atoms with Crippen molar-refractivity contribution in [3.8, 4) is 0 Å². The first-order chi connectivity index (χ1) is 12.1. The fourth-order valence-corrected chi connectivity index (χ4v) is 4.61. The highest BCUT2D eigenvalue weighted by Crippen LogP contribution is 2.31. The number of nitro benzene ring substituents is 1. The van der Waals surface area contributed by atoms with Gasteiger partial charge >= 0.3 is 0 Å². The Hall–Kier alpha value is -1.65. The van der Waals surface area contributed by atoms with E-state index in [0.717, 1.165) is 6.26 Å². The van der Waals surface area contributed by atoms with Gasteiger partial charge in [-0.05, 0) is 18.9 Å². The predicted molar refractivity (Wildman–Crippen MR) is 101 cm³/mol. The van der Waals surface area contributed by atoms with E-state index in [0.29, 0.717) is 24.3 Å². The van der Waals surface area contributed by atoms with Crippen LogP contribution in [0.1, 0.15) is 37.0 Å². The number of nitro groups is 1. The Labute approximate surface area is 157 Å². The zero-order valence-electron chi connectivity index (χ0n) is 15.0. The zero-order valence-corrected chi connectivity index (χ0v) is 16.6. The summed E-state index contributed by atoms with van der Waals surface area (Å²) in [6.45, 7) is 4.70. The number of sulfonamides is 1. The molecule has 1 saturated heterocycles. The van der Waals surface area contributed by atoms with E-state index in [1.54, 1.807) is 11.0 Å². The highest BCUT2D eigenvalue weighted by Gasteiger charge is 2.28. The van der Waals surface area contributed by atoms with E-state index in [1.165, 1.54) is 23.9 Å². The van der Waals surface area contributed by atoms with Crippen LogP contribution in [0.4, 0.5) is 5.69 Å². The van der Waals surface area contributed by atoms with Gasteiger partial charge in [-0.2, -0.15) is 0 Å². The number of hydrogen-bond acceptors (Lipinski definition) is 6. The highest BCUT2D eigenvalue weighted by atomic mass is 32.2. The Morgan fingerprint density at radius 1 is 1.42 bits per heavy atom. The maximum absolute atomic E-state index is 13.0. The number of benzene rings is 1. The van der Waals surface area contributed by atoms with Crippen LogP contribution in [0, 0.1) is 10.1 Å². The van der Waals surface area contributed by atoms with Crippen LogP contribution < -0.4 is 4.72 Å². The molecule has 1 aromatic carbocycles. The average Bonchev–Trinajstić information content (AvgIpc) is 2.52. The second-order valence-electron chi connectivity index (χ2n) is 6.58. The highest BCUT2D eigenvalue weighted by molar-refractivity contribution is 8.00. The number of nitrogens with one attached hydrogen (secondary N) is 1. The molecule has 1 fully saturated rings. The first-order valence-electron chi connectivity index (χ1n) is 8.28. The van der Waals surface area contributed by atoms with Crippen molar-refractivity contribution in [3.63, 3.8) is 0 Å². The minimum Gasteiger partial charge on any atom is -0.337 e. The van der Waals surface area contributed by atoms with Crippen molar-refractivity contribution in [2.45, 2.75) is 42.9 Å². The molecule has 1 unspecified atom stereocenters. The van der Waals surface area contributed by atoms with Crippen molar-refractivity contribution in [2.24, 2.45) is 0 Å². The number of non-ortho nitro benzene ring substituents is 1. The second-order valence-corrected chi connectivity index (χ2v) is 9.98. The smallest absolute Gasteiger partial charge is 0.270 e. The molecule has 1 aromatic rings. The molecule has 0 spiro atoms. The maximum atomic E-state index is 13.0. The molecule has 1 amide bonds. The molecule has 144 valence electrons. The van der Waals surface area contributed by atoms with E-state index in [4.69, 9.17) is 0 Å². The lowest BCUT2D eigenvalue weighted by Crippen LogP contribution is -2.49. The van der Waals surface area contributed by atoms with Gasteiger partial charge in [0.05, 0.1) is 16.7 Å². The summed E-state index contributed by atoms with van der Waals surface area (Å²) >= 11 is 1.47. The van der Waals surface area contributed by atoms with E-state index in [-0.39, 0.29) is 35.0 Å². The van der Waals surface area contributed by atoms with E-state index < -0.39 is 14.9 Å². The number of nitrogens with zero attached hydrogens (tertiary/aromatic N) is 2. The van der Waals surface area contributed by atoms with E-state index in [1.807, 2.05) is 13.8 Å². The number of thioether (sulfide) groups is 1. The van der Waals surface area contributed by atoms with Gasteiger partial charge in [0, 0.05) is 41.4 Å². The van der Waals surface area contributed by atoms with E-state index in [9.17, 15) is 23.3 Å². The molecule has 0 saturated carbocycles. The van der Waals surface area contributed by atoms with Gasteiger partial charge < -0.3 is 4.90 Å². The fourth-order valence-electron chi connectivity index (χ4n) is 2.89. The quantitative estimate of drug-likeness (QED) is 0.445. The molecule has 0 aliphatic carbocycles. The number of likely N-dealkylation sites (tertiary alicyclic amines) is 1. The minimum atomic E-state index is -3.36. The Morgan fingerprint density at radius 3 is 2.69 bits per heavy atom. The molecule has 1 N–H and O–H groups in total. The Balaban J connectivity index is 2.28. The lowest BCUT2D eigenvalue weighted by molar-refractivity contribution is -0.384. The van der Waals surface area contributed by atoms with Crippen LogP contribution in [0.3, 0.4) is 0 Å². The number of rotatable bonds is 6. The van der Waals surface area contributed by atoms with E-state index in [2.05, 4.69) is 4.72 Å². The molecular formula is C16H23N3O5S2. The summed E-state index contributed by atoms with van der Waals surface area (Å²) < 4.78 is 25.4. The Morgan fingerprint density at radius 2 is 2.12 bits per heavy atom. The first-order valence-corrected chi connectivity index (χ1v) is 11.1. The number of carbonyl (C=O) groups is 1. The topological polar surface area (TPSA) is 110 Å². The average molecular weight is 402 g/mol. The SMILES string of the molecule is CC(C)Sc1ccc([N+](=O)[O-])cc1C(=O)N1CCCC(NS(C)(=O)=O)C1. The summed E-state index contributed by atoms with van der Waals surface area (Å²) in [5.41, 5.74) is 0.155. The van der Waals surface area contributed by atoms with Crippen molar-refractivity contribution in [1.82, 2.24) is 9.62 Å². The summed E-state index contributed by atoms with van der Waals surface area (Å²) in [6, 6.07) is 3.96. The van der Waals surface area contributed by atoms with Crippen LogP contribution in [0.5, 0.6) is 0 Å². The molecular weight excluding hydrogens is 378 g/mol. The lowest BCUT2D eigenvalue weighted by atomic mass is 10.0. The molecule has 10 heteroatoms. The summed E-state index contributed by atoms with van der Waals surface area (Å²) in [4.78, 5) is 25.8. The maximum Gasteiger partial charge on any atom is 0.270 e. The summed E-state index contributed by atoms with van der Waals surface area (Å²) in [7, 11) is -3.36. The molecule has 1 aliphatic heterocycles. The van der Waals surface area contributed by atoms with Gasteiger partial charge in [0.2, 0.25) is 10.0 Å². The van der Waals surface area contributed by atoms with Crippen LogP contribution >= 0.6 is 11.8 Å². The molecule has 0 bridgehead atoms. The van der Waals surface area contributed by atoms with Crippen molar-refractivity contribution in [1.29, 1.82) is 0 Å². The first kappa shape index (κ1) is 20.7. The van der Waals surface area contributed by atoms with Crippen LogP contribution in [0.2, 0.25) is 0 Å². The lowest BCUT2D eigenvalue weighted by Gasteiger charge is -2.33. The van der Waals surface area contributed by atoms with Gasteiger partial charge in [0.25, 0.3) is 11.6 Å². The van der Waals surface area contributed by atoms with Crippen LogP contribution in [0.25, 0.3) is 0 Å². The summed E-state index contributed by atoms with van der Waals surface area (Å²) in [5, 5.41) is 11.3. The van der Waals surface area contributed by atoms with Crippen LogP contribution in [-0.4, -0.2) is 54.8 Å². The van der Waals surface area contributed by atoms with Crippen molar-refractivity contribution in [3.05, 3.63) is 33.9 Å². The molecule has 0 radical (unpaired) electrons.